The zero-order valence-corrected chi connectivity index (χ0v) is 21.2. The lowest BCUT2D eigenvalue weighted by molar-refractivity contribution is -0.384. The molecular formula is C24H20Cl3FN2O6. The number of nitro benzene ring substituents is 1. The van der Waals surface area contributed by atoms with Crippen LogP contribution in [0, 0.1) is 10.1 Å². The smallest absolute Gasteiger partial charge is 0.337 e. The maximum atomic E-state index is 14.0. The maximum Gasteiger partial charge on any atom is 0.337 e. The Morgan fingerprint density at radius 1 is 1.11 bits per heavy atom. The van der Waals surface area contributed by atoms with Crippen LogP contribution in [0.15, 0.2) is 77.1 Å². The molecule has 2 atom stereocenters. The number of non-ortho nitro benzene ring substituents is 1. The molecule has 1 aliphatic rings. The minimum atomic E-state index is -2.07. The van der Waals surface area contributed by atoms with E-state index in [1.165, 1.54) is 31.2 Å². The molecule has 0 spiro atoms. The van der Waals surface area contributed by atoms with Crippen molar-refractivity contribution in [2.45, 2.75) is 22.7 Å². The maximum absolute atomic E-state index is 14.0. The van der Waals surface area contributed by atoms with E-state index in [1.54, 1.807) is 30.3 Å². The van der Waals surface area contributed by atoms with Crippen molar-refractivity contribution in [1.29, 1.82) is 0 Å². The highest BCUT2D eigenvalue weighted by Crippen LogP contribution is 2.45. The summed E-state index contributed by atoms with van der Waals surface area (Å²) < 4.78 is 22.4. The molecule has 0 fully saturated rings. The quantitative estimate of drug-likeness (QED) is 0.204. The summed E-state index contributed by atoms with van der Waals surface area (Å²) in [5, 5.41) is 14.1. The molecule has 36 heavy (non-hydrogen) atoms. The summed E-state index contributed by atoms with van der Waals surface area (Å²) >= 11 is 18.4. The lowest BCUT2D eigenvalue weighted by atomic mass is 9.80. The fourth-order valence-electron chi connectivity index (χ4n) is 3.90. The van der Waals surface area contributed by atoms with Crippen LogP contribution in [-0.2, 0) is 19.1 Å². The van der Waals surface area contributed by atoms with Gasteiger partial charge in [0.15, 0.2) is 6.10 Å². The molecule has 1 heterocycles. The number of benzene rings is 2. The van der Waals surface area contributed by atoms with Crippen molar-refractivity contribution in [3.8, 4) is 0 Å². The molecule has 3 rings (SSSR count). The first-order valence-electron chi connectivity index (χ1n) is 10.4. The molecule has 0 radical (unpaired) electrons. The van der Waals surface area contributed by atoms with Crippen molar-refractivity contribution in [2.75, 3.05) is 13.8 Å². The minimum Gasteiger partial charge on any atom is -0.466 e. The van der Waals surface area contributed by atoms with E-state index in [0.717, 1.165) is 7.11 Å². The third kappa shape index (κ3) is 5.80. The van der Waals surface area contributed by atoms with Crippen LogP contribution in [0.25, 0.3) is 0 Å². The lowest BCUT2D eigenvalue weighted by Crippen LogP contribution is -2.35. The molecule has 0 bridgehead atoms. The second-order valence-corrected chi connectivity index (χ2v) is 10.1. The molecule has 0 amide bonds. The van der Waals surface area contributed by atoms with Crippen LogP contribution >= 0.6 is 34.8 Å². The molecule has 1 N–H and O–H groups in total. The Balaban J connectivity index is 2.17. The van der Waals surface area contributed by atoms with E-state index >= 15 is 0 Å². The van der Waals surface area contributed by atoms with E-state index in [0.29, 0.717) is 5.56 Å². The molecule has 2 aromatic rings. The molecule has 0 aromatic heterocycles. The average molecular weight is 558 g/mol. The van der Waals surface area contributed by atoms with Gasteiger partial charge in [-0.05, 0) is 18.1 Å². The average Bonchev–Trinajstić information content (AvgIpc) is 2.85. The van der Waals surface area contributed by atoms with E-state index in [2.05, 4.69) is 5.32 Å². The zero-order valence-electron chi connectivity index (χ0n) is 19.0. The number of allylic oxidation sites excluding steroid dienone is 2. The van der Waals surface area contributed by atoms with Crippen LogP contribution in [0.4, 0.5) is 10.1 Å². The number of nitrogens with zero attached hydrogens (tertiary/aromatic N) is 1. The Labute approximate surface area is 220 Å². The Morgan fingerprint density at radius 2 is 1.78 bits per heavy atom. The van der Waals surface area contributed by atoms with Crippen LogP contribution in [0.1, 0.15) is 30.1 Å². The van der Waals surface area contributed by atoms with Crippen LogP contribution in [-0.4, -0.2) is 34.4 Å². The molecule has 12 heteroatoms. The highest BCUT2D eigenvalue weighted by atomic mass is 35.6. The monoisotopic (exact) mass is 556 g/mol. The zero-order chi connectivity index (χ0) is 26.6. The molecule has 0 saturated carbocycles. The molecule has 0 aliphatic carbocycles. The van der Waals surface area contributed by atoms with Crippen LogP contribution in [0.5, 0.6) is 0 Å². The van der Waals surface area contributed by atoms with Gasteiger partial charge in [0, 0.05) is 17.8 Å². The summed E-state index contributed by atoms with van der Waals surface area (Å²) in [6.07, 6.45) is -1.35. The van der Waals surface area contributed by atoms with Gasteiger partial charge in [-0.2, -0.15) is 0 Å². The van der Waals surface area contributed by atoms with Gasteiger partial charge in [0.05, 0.1) is 34.8 Å². The van der Waals surface area contributed by atoms with E-state index in [-0.39, 0.29) is 33.8 Å². The number of esters is 2. The first-order chi connectivity index (χ1) is 17.0. The van der Waals surface area contributed by atoms with E-state index in [9.17, 15) is 24.1 Å². The third-order valence-corrected chi connectivity index (χ3v) is 6.04. The van der Waals surface area contributed by atoms with E-state index < -0.39 is 39.4 Å². The topological polar surface area (TPSA) is 108 Å². The number of alkyl halides is 4. The van der Waals surface area contributed by atoms with Gasteiger partial charge in [-0.1, -0.05) is 77.3 Å². The number of nitro groups is 1. The Morgan fingerprint density at radius 3 is 2.33 bits per heavy atom. The Bertz CT molecular complexity index is 1240. The Hall–Kier alpha value is -3.14. The van der Waals surface area contributed by atoms with Crippen molar-refractivity contribution in [3.05, 3.63) is 98.4 Å². The van der Waals surface area contributed by atoms with Gasteiger partial charge in [-0.3, -0.25) is 10.1 Å². The normalized spacial score (nSPS) is 16.8. The molecule has 2 unspecified atom stereocenters. The van der Waals surface area contributed by atoms with Gasteiger partial charge >= 0.3 is 11.9 Å². The molecule has 2 aromatic carbocycles. The van der Waals surface area contributed by atoms with Crippen molar-refractivity contribution in [1.82, 2.24) is 5.32 Å². The van der Waals surface area contributed by atoms with Gasteiger partial charge in [-0.25, -0.2) is 14.0 Å². The van der Waals surface area contributed by atoms with Crippen molar-refractivity contribution < 1.29 is 28.4 Å². The summed E-state index contributed by atoms with van der Waals surface area (Å²) in [6.45, 7) is 0.369. The van der Waals surface area contributed by atoms with Crippen LogP contribution < -0.4 is 5.32 Å². The van der Waals surface area contributed by atoms with Gasteiger partial charge in [0.2, 0.25) is 3.79 Å². The third-order valence-electron chi connectivity index (χ3n) is 5.44. The number of carbonyl (C=O) groups excluding carboxylic acids is 2. The number of carbonyl (C=O) groups is 2. The SMILES string of the molecule is COC(=O)C1=C(CF)NC(C)=C(C(=O)OC(c2ccccc2)C(Cl)(Cl)Cl)C1c1cccc([N+](=O)[O-])c1. The number of hydrogen-bond acceptors (Lipinski definition) is 7. The summed E-state index contributed by atoms with van der Waals surface area (Å²) in [7, 11) is 1.09. The van der Waals surface area contributed by atoms with E-state index in [1.807, 2.05) is 0 Å². The van der Waals surface area contributed by atoms with Crippen LogP contribution in [0.2, 0.25) is 0 Å². The Kier molecular flexibility index (Phi) is 8.60. The first-order valence-corrected chi connectivity index (χ1v) is 11.5. The number of dihydropyridines is 1. The van der Waals surface area contributed by atoms with Crippen LogP contribution in [0.3, 0.4) is 0 Å². The van der Waals surface area contributed by atoms with Crippen molar-refractivity contribution in [3.63, 3.8) is 0 Å². The molecule has 0 saturated heterocycles. The first kappa shape index (κ1) is 27.4. The molecular weight excluding hydrogens is 538 g/mol. The van der Waals surface area contributed by atoms with Gasteiger partial charge in [-0.15, -0.1) is 0 Å². The summed E-state index contributed by atoms with van der Waals surface area (Å²) in [5.74, 6) is -3.20. The fourth-order valence-corrected chi connectivity index (χ4v) is 4.41. The number of halogens is 4. The standard InChI is InChI=1S/C24H20Cl3FN2O6/c1-13-18(23(32)36-21(24(25,26)27)14-7-4-3-5-8-14)19(15-9-6-10-16(11-15)30(33)34)20(22(31)35-2)17(12-28)29-13/h3-11,19,21,29H,12H2,1-2H3. The summed E-state index contributed by atoms with van der Waals surface area (Å²) in [5.41, 5.74) is -0.153. The molecule has 1 aliphatic heterocycles. The lowest BCUT2D eigenvalue weighted by Gasteiger charge is -2.32. The minimum absolute atomic E-state index is 0.136. The van der Waals surface area contributed by atoms with Gasteiger partial charge in [0.1, 0.15) is 6.67 Å². The largest absolute Gasteiger partial charge is 0.466 e. The highest BCUT2D eigenvalue weighted by Gasteiger charge is 2.43. The second kappa shape index (κ2) is 11.3. The summed E-state index contributed by atoms with van der Waals surface area (Å²) in [6, 6.07) is 13.5. The van der Waals surface area contributed by atoms with Crippen molar-refractivity contribution >= 4 is 52.4 Å². The predicted molar refractivity (Wildman–Crippen MR) is 132 cm³/mol. The number of nitrogens with one attached hydrogen (secondary N) is 1. The van der Waals surface area contributed by atoms with Gasteiger partial charge in [0.25, 0.3) is 5.69 Å². The molecule has 190 valence electrons. The van der Waals surface area contributed by atoms with Crippen molar-refractivity contribution in [2.24, 2.45) is 0 Å². The summed E-state index contributed by atoms with van der Waals surface area (Å²) in [4.78, 5) is 37.1. The highest BCUT2D eigenvalue weighted by molar-refractivity contribution is 6.68. The van der Waals surface area contributed by atoms with Gasteiger partial charge < -0.3 is 14.8 Å². The van der Waals surface area contributed by atoms with E-state index in [4.69, 9.17) is 44.3 Å². The fraction of sp³-hybridized carbons (Fsp3) is 0.250. The predicted octanol–water partition coefficient (Wildman–Crippen LogP) is 5.61. The molecule has 8 nitrogen and oxygen atoms in total. The number of ether oxygens (including phenoxy) is 2. The number of methoxy groups -OCH3 is 1. The number of rotatable bonds is 7. The second-order valence-electron chi connectivity index (χ2n) is 7.70. The number of hydrogen-bond donors (Lipinski definition) is 1.